The van der Waals surface area contributed by atoms with Crippen LogP contribution in [0.3, 0.4) is 0 Å². The van der Waals surface area contributed by atoms with Crippen molar-refractivity contribution in [3.63, 3.8) is 0 Å². The normalized spacial score (nSPS) is 11.7. The fourth-order valence-corrected chi connectivity index (χ4v) is 5.73. The fraction of sp³-hybridized carbons (Fsp3) is 0.0690. The van der Waals surface area contributed by atoms with Crippen molar-refractivity contribution in [2.75, 3.05) is 7.11 Å². The summed E-state index contributed by atoms with van der Waals surface area (Å²) in [6.45, 7) is 1.88. The summed E-state index contributed by atoms with van der Waals surface area (Å²) in [5.41, 5.74) is 2.48. The molecule has 3 heterocycles. The number of hydrogen-bond donors (Lipinski definition) is 0. The lowest BCUT2D eigenvalue weighted by molar-refractivity contribution is 0.415. The van der Waals surface area contributed by atoms with Gasteiger partial charge in [-0.1, -0.05) is 35.9 Å². The molecule has 188 valence electrons. The monoisotopic (exact) mass is 523 g/mol. The molecular weight excluding hydrogens is 502 g/mol. The molecule has 9 heteroatoms. The Morgan fingerprint density at radius 2 is 1.66 bits per heavy atom. The summed E-state index contributed by atoms with van der Waals surface area (Å²) in [5, 5.41) is 5.33. The highest BCUT2D eigenvalue weighted by Crippen LogP contribution is 2.33. The van der Waals surface area contributed by atoms with Gasteiger partial charge in [0.25, 0.3) is 0 Å². The summed E-state index contributed by atoms with van der Waals surface area (Å²) in [7, 11) is -2.50. The number of aromatic nitrogens is 3. The highest BCUT2D eigenvalue weighted by molar-refractivity contribution is 7.91. The minimum Gasteiger partial charge on any atom is -0.497 e. The Kier molecular flexibility index (Phi) is 5.57. The van der Waals surface area contributed by atoms with Gasteiger partial charge in [0.1, 0.15) is 21.9 Å². The van der Waals surface area contributed by atoms with Crippen LogP contribution in [0.4, 0.5) is 0 Å². The largest absolute Gasteiger partial charge is 0.497 e. The molecule has 0 aliphatic carbocycles. The molecular formula is C29H21N3O5S. The highest BCUT2D eigenvalue weighted by Gasteiger charge is 2.28. The average Bonchev–Trinajstić information content (AvgIpc) is 3.37. The number of sulfone groups is 1. The van der Waals surface area contributed by atoms with Gasteiger partial charge in [-0.15, -0.1) is 0 Å². The van der Waals surface area contributed by atoms with Crippen molar-refractivity contribution >= 4 is 26.5 Å². The van der Waals surface area contributed by atoms with Gasteiger partial charge in [-0.25, -0.2) is 22.7 Å². The molecule has 0 radical (unpaired) electrons. The molecule has 3 aromatic heterocycles. The maximum absolute atomic E-state index is 13.9. The van der Waals surface area contributed by atoms with Gasteiger partial charge in [0.05, 0.1) is 29.5 Å². The quantitative estimate of drug-likeness (QED) is 0.282. The maximum Gasteiger partial charge on any atom is 0.345 e. The zero-order valence-electron chi connectivity index (χ0n) is 20.5. The predicted molar refractivity (Wildman–Crippen MR) is 143 cm³/mol. The van der Waals surface area contributed by atoms with Crippen molar-refractivity contribution < 1.29 is 17.6 Å². The third kappa shape index (κ3) is 3.93. The number of methoxy groups -OCH3 is 1. The Morgan fingerprint density at radius 1 is 0.921 bits per heavy atom. The van der Waals surface area contributed by atoms with Crippen molar-refractivity contribution in [2.24, 2.45) is 0 Å². The van der Waals surface area contributed by atoms with Crippen LogP contribution in [0, 0.1) is 6.92 Å². The van der Waals surface area contributed by atoms with Gasteiger partial charge in [-0.3, -0.25) is 0 Å². The second-order valence-corrected chi connectivity index (χ2v) is 10.7. The van der Waals surface area contributed by atoms with Gasteiger partial charge >= 0.3 is 5.63 Å². The van der Waals surface area contributed by atoms with E-state index in [-0.39, 0.29) is 21.0 Å². The minimum atomic E-state index is -4.08. The summed E-state index contributed by atoms with van der Waals surface area (Å²) in [6.07, 6.45) is 1.27. The van der Waals surface area contributed by atoms with Crippen molar-refractivity contribution in [1.82, 2.24) is 14.6 Å². The zero-order valence-corrected chi connectivity index (χ0v) is 21.3. The van der Waals surface area contributed by atoms with Crippen molar-refractivity contribution in [2.45, 2.75) is 16.7 Å². The minimum absolute atomic E-state index is 0.0613. The molecule has 0 aliphatic rings. The molecule has 38 heavy (non-hydrogen) atoms. The lowest BCUT2D eigenvalue weighted by atomic mass is 10.1. The smallest absolute Gasteiger partial charge is 0.345 e. The van der Waals surface area contributed by atoms with Crippen LogP contribution >= 0.6 is 0 Å². The number of nitrogens with zero attached hydrogens (tertiary/aromatic N) is 3. The molecule has 0 spiro atoms. The van der Waals surface area contributed by atoms with Crippen LogP contribution in [-0.2, 0) is 9.84 Å². The second kappa shape index (κ2) is 8.97. The molecule has 8 nitrogen and oxygen atoms in total. The predicted octanol–water partition coefficient (Wildman–Crippen LogP) is 5.32. The highest BCUT2D eigenvalue weighted by atomic mass is 32.2. The third-order valence-corrected chi connectivity index (χ3v) is 8.12. The fourth-order valence-electron chi connectivity index (χ4n) is 4.34. The first-order chi connectivity index (χ1) is 18.3. The summed E-state index contributed by atoms with van der Waals surface area (Å²) in [6, 6.07) is 24.2. The Hall–Kier alpha value is -4.76. The summed E-state index contributed by atoms with van der Waals surface area (Å²) in [5.74, 6) is 0.691. The van der Waals surface area contributed by atoms with E-state index in [1.54, 1.807) is 61.7 Å². The van der Waals surface area contributed by atoms with Gasteiger partial charge < -0.3 is 9.15 Å². The van der Waals surface area contributed by atoms with Crippen molar-refractivity contribution in [1.29, 1.82) is 0 Å². The lowest BCUT2D eigenvalue weighted by Crippen LogP contribution is -2.13. The molecule has 0 saturated carbocycles. The molecule has 3 aromatic carbocycles. The molecule has 0 saturated heterocycles. The molecule has 0 amide bonds. The number of rotatable bonds is 5. The molecule has 0 unspecified atom stereocenters. The number of benzene rings is 3. The van der Waals surface area contributed by atoms with Gasteiger partial charge in [0.15, 0.2) is 5.65 Å². The van der Waals surface area contributed by atoms with Crippen LogP contribution in [-0.4, -0.2) is 30.1 Å². The Labute approximate surface area is 217 Å². The number of para-hydroxylation sites is 1. The van der Waals surface area contributed by atoms with Gasteiger partial charge in [0.2, 0.25) is 9.84 Å². The zero-order chi connectivity index (χ0) is 26.4. The molecule has 0 bridgehead atoms. The lowest BCUT2D eigenvalue weighted by Gasteiger charge is -2.12. The van der Waals surface area contributed by atoms with Crippen LogP contribution in [0.2, 0.25) is 0 Å². The molecule has 0 atom stereocenters. The van der Waals surface area contributed by atoms with Crippen LogP contribution in [0.25, 0.3) is 39.1 Å². The first-order valence-electron chi connectivity index (χ1n) is 11.7. The van der Waals surface area contributed by atoms with Crippen LogP contribution in [0.15, 0.2) is 110 Å². The van der Waals surface area contributed by atoms with E-state index < -0.39 is 15.5 Å². The van der Waals surface area contributed by atoms with Crippen LogP contribution in [0.5, 0.6) is 5.75 Å². The SMILES string of the molecule is COc1ccc(-c2cc3ncc(S(=O)(=O)c4ccc(C)cc4)c(-c4cc5ccccc5oc4=O)n3n2)cc1. The summed E-state index contributed by atoms with van der Waals surface area (Å²) < 4.78 is 40.0. The van der Waals surface area contributed by atoms with E-state index in [1.807, 2.05) is 25.1 Å². The van der Waals surface area contributed by atoms with Crippen LogP contribution < -0.4 is 10.4 Å². The number of fused-ring (bicyclic) bond motifs is 2. The van der Waals surface area contributed by atoms with E-state index in [0.717, 1.165) is 11.1 Å². The topological polar surface area (TPSA) is 104 Å². The van der Waals surface area contributed by atoms with Crippen molar-refractivity contribution in [3.8, 4) is 28.3 Å². The van der Waals surface area contributed by atoms with Crippen molar-refractivity contribution in [3.05, 3.63) is 107 Å². The number of aryl methyl sites for hydroxylation is 1. The molecule has 6 rings (SSSR count). The second-order valence-electron chi connectivity index (χ2n) is 8.80. The van der Waals surface area contributed by atoms with Gasteiger partial charge in [-0.05, 0) is 55.5 Å². The van der Waals surface area contributed by atoms with E-state index in [9.17, 15) is 13.2 Å². The van der Waals surface area contributed by atoms with E-state index >= 15 is 0 Å². The van der Waals surface area contributed by atoms with Gasteiger partial charge in [0, 0.05) is 17.0 Å². The first kappa shape index (κ1) is 23.6. The maximum atomic E-state index is 13.9. The first-order valence-corrected chi connectivity index (χ1v) is 13.2. The number of ether oxygens (including phenoxy) is 1. The number of hydrogen-bond acceptors (Lipinski definition) is 7. The third-order valence-electron chi connectivity index (χ3n) is 6.35. The van der Waals surface area contributed by atoms with E-state index in [0.29, 0.717) is 28.1 Å². The van der Waals surface area contributed by atoms with Crippen LogP contribution in [0.1, 0.15) is 5.56 Å². The Balaban J connectivity index is 1.66. The molecule has 0 aliphatic heterocycles. The van der Waals surface area contributed by atoms with Gasteiger partial charge in [-0.2, -0.15) is 5.10 Å². The standard InChI is InChI=1S/C29H21N3O5S/c1-18-7-13-22(14-8-18)38(34,35)26-17-30-27-16-24(19-9-11-21(36-2)12-10-19)31-32(27)28(26)23-15-20-5-3-4-6-25(20)37-29(23)33/h3-17H,1-2H3. The van der Waals surface area contributed by atoms with E-state index in [1.165, 1.54) is 22.8 Å². The molecule has 6 aromatic rings. The van der Waals surface area contributed by atoms with E-state index in [2.05, 4.69) is 10.1 Å². The molecule has 0 fully saturated rings. The molecule has 0 N–H and O–H groups in total. The Bertz CT molecular complexity index is 1990. The van der Waals surface area contributed by atoms with E-state index in [4.69, 9.17) is 9.15 Å². The summed E-state index contributed by atoms with van der Waals surface area (Å²) >= 11 is 0. The Morgan fingerprint density at radius 3 is 2.39 bits per heavy atom. The summed E-state index contributed by atoms with van der Waals surface area (Å²) in [4.78, 5) is 17.6. The average molecular weight is 524 g/mol.